The molecule has 1 heterocycles. The van der Waals surface area contributed by atoms with Crippen LogP contribution in [0.5, 0.6) is 0 Å². The van der Waals surface area contributed by atoms with Crippen molar-refractivity contribution < 1.29 is 4.39 Å². The second-order valence-corrected chi connectivity index (χ2v) is 5.89. The molecule has 0 aliphatic carbocycles. The van der Waals surface area contributed by atoms with Gasteiger partial charge >= 0.3 is 0 Å². The first-order valence-corrected chi connectivity index (χ1v) is 7.48. The predicted molar refractivity (Wildman–Crippen MR) is 84.5 cm³/mol. The lowest BCUT2D eigenvalue weighted by molar-refractivity contribution is 0.190. The predicted octanol–water partition coefficient (Wildman–Crippen LogP) is 3.40. The third kappa shape index (κ3) is 3.08. The Labute approximate surface area is 125 Å². The van der Waals surface area contributed by atoms with Crippen molar-refractivity contribution in [1.29, 1.82) is 0 Å². The van der Waals surface area contributed by atoms with Crippen LogP contribution in [0.1, 0.15) is 23.6 Å². The lowest BCUT2D eigenvalue weighted by Gasteiger charge is -2.34. The molecule has 0 spiro atoms. The van der Waals surface area contributed by atoms with Crippen LogP contribution in [-0.2, 0) is 19.4 Å². The van der Waals surface area contributed by atoms with Crippen LogP contribution in [-0.4, -0.2) is 17.5 Å². The van der Waals surface area contributed by atoms with Crippen molar-refractivity contribution in [2.24, 2.45) is 0 Å². The van der Waals surface area contributed by atoms with Gasteiger partial charge in [-0.25, -0.2) is 4.39 Å². The number of nitrogens with zero attached hydrogens (tertiary/aromatic N) is 1. The lowest BCUT2D eigenvalue weighted by atomic mass is 9.96. The van der Waals surface area contributed by atoms with E-state index in [9.17, 15) is 4.39 Å². The Morgan fingerprint density at radius 1 is 1.24 bits per heavy atom. The largest absolute Gasteiger partial charge is 0.398 e. The Morgan fingerprint density at radius 3 is 2.86 bits per heavy atom. The SMILES string of the molecule is CC(Cc1cccc(F)c1)N1CCc2cccc(N)c2C1. The van der Waals surface area contributed by atoms with Crippen molar-refractivity contribution >= 4 is 5.69 Å². The van der Waals surface area contributed by atoms with Gasteiger partial charge in [-0.3, -0.25) is 4.90 Å². The molecule has 110 valence electrons. The van der Waals surface area contributed by atoms with Crippen LogP contribution in [0.25, 0.3) is 0 Å². The minimum absolute atomic E-state index is 0.159. The van der Waals surface area contributed by atoms with E-state index in [4.69, 9.17) is 5.73 Å². The molecular formula is C18H21FN2. The average molecular weight is 284 g/mol. The Balaban J connectivity index is 1.72. The molecule has 0 fully saturated rings. The summed E-state index contributed by atoms with van der Waals surface area (Å²) in [6, 6.07) is 13.4. The molecular weight excluding hydrogens is 263 g/mol. The third-order valence-electron chi connectivity index (χ3n) is 4.38. The Hall–Kier alpha value is -1.87. The van der Waals surface area contributed by atoms with Crippen LogP contribution >= 0.6 is 0 Å². The molecule has 2 N–H and O–H groups in total. The summed E-state index contributed by atoms with van der Waals surface area (Å²) in [6.07, 6.45) is 1.90. The fourth-order valence-corrected chi connectivity index (χ4v) is 3.14. The van der Waals surface area contributed by atoms with Gasteiger partial charge in [0.2, 0.25) is 0 Å². The molecule has 21 heavy (non-hydrogen) atoms. The first-order chi connectivity index (χ1) is 10.1. The number of hydrogen-bond acceptors (Lipinski definition) is 2. The fourth-order valence-electron chi connectivity index (χ4n) is 3.14. The highest BCUT2D eigenvalue weighted by molar-refractivity contribution is 5.51. The fraction of sp³-hybridized carbons (Fsp3) is 0.333. The molecule has 1 unspecified atom stereocenters. The molecule has 1 aliphatic heterocycles. The van der Waals surface area contributed by atoms with E-state index in [0.717, 1.165) is 37.2 Å². The molecule has 2 aromatic carbocycles. The Kier molecular flexibility index (Phi) is 3.93. The van der Waals surface area contributed by atoms with E-state index in [0.29, 0.717) is 6.04 Å². The van der Waals surface area contributed by atoms with Gasteiger partial charge in [-0.1, -0.05) is 24.3 Å². The number of nitrogens with two attached hydrogens (primary N) is 1. The Bertz CT molecular complexity index is 639. The molecule has 2 aromatic rings. The lowest BCUT2D eigenvalue weighted by Crippen LogP contribution is -2.39. The monoisotopic (exact) mass is 284 g/mol. The number of anilines is 1. The molecule has 3 rings (SSSR count). The van der Waals surface area contributed by atoms with E-state index in [1.54, 1.807) is 12.1 Å². The summed E-state index contributed by atoms with van der Waals surface area (Å²) in [5.74, 6) is -0.159. The van der Waals surface area contributed by atoms with Gasteiger partial charge in [0.15, 0.2) is 0 Å². The van der Waals surface area contributed by atoms with Gasteiger partial charge in [0.05, 0.1) is 0 Å². The molecule has 0 amide bonds. The van der Waals surface area contributed by atoms with Gasteiger partial charge in [0, 0.05) is 24.8 Å². The molecule has 0 radical (unpaired) electrons. The quantitative estimate of drug-likeness (QED) is 0.875. The summed E-state index contributed by atoms with van der Waals surface area (Å²) >= 11 is 0. The van der Waals surface area contributed by atoms with Crippen LogP contribution < -0.4 is 5.73 Å². The van der Waals surface area contributed by atoms with Gasteiger partial charge in [-0.15, -0.1) is 0 Å². The van der Waals surface area contributed by atoms with Gasteiger partial charge in [-0.2, -0.15) is 0 Å². The zero-order valence-electron chi connectivity index (χ0n) is 12.3. The summed E-state index contributed by atoms with van der Waals surface area (Å²) < 4.78 is 13.3. The number of fused-ring (bicyclic) bond motifs is 1. The minimum Gasteiger partial charge on any atom is -0.398 e. The molecule has 1 aliphatic rings. The van der Waals surface area contributed by atoms with Gasteiger partial charge in [0.25, 0.3) is 0 Å². The van der Waals surface area contributed by atoms with Crippen LogP contribution in [0, 0.1) is 5.82 Å². The summed E-state index contributed by atoms with van der Waals surface area (Å²) in [4.78, 5) is 2.43. The second kappa shape index (κ2) is 5.86. The second-order valence-electron chi connectivity index (χ2n) is 5.89. The number of benzene rings is 2. The highest BCUT2D eigenvalue weighted by Crippen LogP contribution is 2.26. The molecule has 0 bridgehead atoms. The Morgan fingerprint density at radius 2 is 2.05 bits per heavy atom. The highest BCUT2D eigenvalue weighted by Gasteiger charge is 2.22. The van der Waals surface area contributed by atoms with Gasteiger partial charge < -0.3 is 5.73 Å². The highest BCUT2D eigenvalue weighted by atomic mass is 19.1. The van der Waals surface area contributed by atoms with E-state index in [2.05, 4.69) is 17.9 Å². The molecule has 2 nitrogen and oxygen atoms in total. The van der Waals surface area contributed by atoms with Crippen LogP contribution in [0.15, 0.2) is 42.5 Å². The van der Waals surface area contributed by atoms with Crippen molar-refractivity contribution in [3.63, 3.8) is 0 Å². The molecule has 1 atom stereocenters. The van der Waals surface area contributed by atoms with Crippen molar-refractivity contribution in [3.8, 4) is 0 Å². The van der Waals surface area contributed by atoms with Crippen molar-refractivity contribution in [2.75, 3.05) is 12.3 Å². The number of nitrogen functional groups attached to an aromatic ring is 1. The minimum atomic E-state index is -0.159. The molecule has 0 saturated heterocycles. The van der Waals surface area contributed by atoms with Crippen LogP contribution in [0.4, 0.5) is 10.1 Å². The van der Waals surface area contributed by atoms with Gasteiger partial charge in [0.1, 0.15) is 5.82 Å². The van der Waals surface area contributed by atoms with E-state index in [1.165, 1.54) is 17.2 Å². The third-order valence-corrected chi connectivity index (χ3v) is 4.38. The van der Waals surface area contributed by atoms with Crippen molar-refractivity contribution in [1.82, 2.24) is 4.90 Å². The van der Waals surface area contributed by atoms with Crippen LogP contribution in [0.3, 0.4) is 0 Å². The smallest absolute Gasteiger partial charge is 0.123 e. The summed E-state index contributed by atoms with van der Waals surface area (Å²) in [6.45, 7) is 4.13. The van der Waals surface area contributed by atoms with Crippen LogP contribution in [0.2, 0.25) is 0 Å². The number of rotatable bonds is 3. The number of hydrogen-bond donors (Lipinski definition) is 1. The maximum absolute atomic E-state index is 13.3. The molecule has 0 saturated carbocycles. The van der Waals surface area contributed by atoms with E-state index in [1.807, 2.05) is 18.2 Å². The van der Waals surface area contributed by atoms with Crippen molar-refractivity contribution in [2.45, 2.75) is 32.4 Å². The average Bonchev–Trinajstić information content (AvgIpc) is 2.47. The van der Waals surface area contributed by atoms with E-state index >= 15 is 0 Å². The molecule has 3 heteroatoms. The summed E-state index contributed by atoms with van der Waals surface area (Å²) in [5.41, 5.74) is 10.7. The van der Waals surface area contributed by atoms with Gasteiger partial charge in [-0.05, 0) is 54.7 Å². The standard InChI is InChI=1S/C18H21FN2/c1-13(10-14-4-2-6-16(19)11-14)21-9-8-15-5-3-7-18(20)17(15)12-21/h2-7,11,13H,8-10,12,20H2,1H3. The molecule has 0 aromatic heterocycles. The first kappa shape index (κ1) is 14.1. The topological polar surface area (TPSA) is 29.3 Å². The van der Waals surface area contributed by atoms with Crippen molar-refractivity contribution in [3.05, 3.63) is 65.0 Å². The maximum Gasteiger partial charge on any atom is 0.123 e. The maximum atomic E-state index is 13.3. The van der Waals surface area contributed by atoms with E-state index < -0.39 is 0 Å². The zero-order chi connectivity index (χ0) is 14.8. The zero-order valence-corrected chi connectivity index (χ0v) is 12.3. The summed E-state index contributed by atoms with van der Waals surface area (Å²) in [7, 11) is 0. The first-order valence-electron chi connectivity index (χ1n) is 7.48. The summed E-state index contributed by atoms with van der Waals surface area (Å²) in [5, 5.41) is 0. The van der Waals surface area contributed by atoms with E-state index in [-0.39, 0.29) is 5.82 Å². The number of halogens is 1. The normalized spacial score (nSPS) is 16.5.